The Morgan fingerprint density at radius 2 is 1.89 bits per heavy atom. The number of Topliss-reactive ketones (excluding diaryl/α,β-unsaturated/α-hetero) is 2. The molecule has 3 nitrogen and oxygen atoms in total. The maximum atomic E-state index is 10.3. The lowest BCUT2D eigenvalue weighted by molar-refractivity contribution is -0.138. The Hall–Kier alpha value is -0.990. The average Bonchev–Trinajstić information content (AvgIpc) is 1.87. The molecule has 49 valence electrons. The van der Waals surface area contributed by atoms with Gasteiger partial charge in [0.2, 0.25) is 5.78 Å². The highest BCUT2D eigenvalue weighted by molar-refractivity contribution is 6.59. The van der Waals surface area contributed by atoms with Crippen LogP contribution >= 0.6 is 0 Å². The Bertz CT molecular complexity index is 137. The van der Waals surface area contributed by atoms with Gasteiger partial charge in [0.1, 0.15) is 0 Å². The lowest BCUT2D eigenvalue weighted by atomic mass is 10.2. The molecule has 1 radical (unpaired) electrons. The van der Waals surface area contributed by atoms with Gasteiger partial charge in [-0.1, -0.05) is 6.92 Å². The van der Waals surface area contributed by atoms with Gasteiger partial charge in [-0.2, -0.15) is 0 Å². The fourth-order valence-electron chi connectivity index (χ4n) is 0.344. The molecule has 0 N–H and O–H groups in total. The summed E-state index contributed by atoms with van der Waals surface area (Å²) in [5, 5.41) is 0. The van der Waals surface area contributed by atoms with Crippen LogP contribution in [0.5, 0.6) is 0 Å². The van der Waals surface area contributed by atoms with E-state index in [2.05, 4.69) is 0 Å². The van der Waals surface area contributed by atoms with E-state index in [1.54, 1.807) is 6.92 Å². The smallest absolute Gasteiger partial charge is 0.261 e. The van der Waals surface area contributed by atoms with Crippen LogP contribution in [-0.2, 0) is 14.4 Å². The first-order valence-electron chi connectivity index (χ1n) is 2.59. The molecule has 0 saturated carbocycles. The van der Waals surface area contributed by atoms with Crippen LogP contribution in [-0.4, -0.2) is 17.9 Å². The molecular formula is C6H7O3. The molecule has 0 atom stereocenters. The van der Waals surface area contributed by atoms with E-state index >= 15 is 0 Å². The standard InChI is InChI=1S/C6H7O3/c1-2-3-5(8)6(9)4-7/h3-4H,2H2,1H3. The second-order valence-electron chi connectivity index (χ2n) is 1.46. The first-order valence-corrected chi connectivity index (χ1v) is 2.59. The average molecular weight is 127 g/mol. The molecule has 0 aromatic carbocycles. The Kier molecular flexibility index (Phi) is 3.51. The fourth-order valence-corrected chi connectivity index (χ4v) is 0.344. The van der Waals surface area contributed by atoms with E-state index in [0.29, 0.717) is 6.42 Å². The minimum absolute atomic E-state index is 0.0223. The maximum absolute atomic E-state index is 10.3. The third kappa shape index (κ3) is 2.74. The topological polar surface area (TPSA) is 51.2 Å². The number of aldehydes is 1. The molecule has 0 fully saturated rings. The van der Waals surface area contributed by atoms with Crippen molar-refractivity contribution in [1.82, 2.24) is 0 Å². The molecule has 0 saturated heterocycles. The highest BCUT2D eigenvalue weighted by Gasteiger charge is 2.09. The van der Waals surface area contributed by atoms with E-state index in [1.807, 2.05) is 0 Å². The summed E-state index contributed by atoms with van der Waals surface area (Å²) in [6.45, 7) is 1.72. The molecule has 0 unspecified atom stereocenters. The Morgan fingerprint density at radius 3 is 2.22 bits per heavy atom. The van der Waals surface area contributed by atoms with Crippen LogP contribution in [0.2, 0.25) is 0 Å². The first-order chi connectivity index (χ1) is 4.22. The van der Waals surface area contributed by atoms with Crippen LogP contribution in [0, 0.1) is 6.42 Å². The van der Waals surface area contributed by atoms with E-state index in [9.17, 15) is 14.4 Å². The highest BCUT2D eigenvalue weighted by atomic mass is 16.2. The van der Waals surface area contributed by atoms with Gasteiger partial charge >= 0.3 is 0 Å². The number of rotatable bonds is 4. The van der Waals surface area contributed by atoms with E-state index in [0.717, 1.165) is 0 Å². The number of carbonyl (C=O) groups excluding carboxylic acids is 3. The summed E-state index contributed by atoms with van der Waals surface area (Å²) in [4.78, 5) is 30.1. The first kappa shape index (κ1) is 8.01. The molecule has 0 aliphatic carbocycles. The monoisotopic (exact) mass is 127 g/mol. The van der Waals surface area contributed by atoms with Crippen LogP contribution in [0.15, 0.2) is 0 Å². The van der Waals surface area contributed by atoms with Gasteiger partial charge in [-0.05, 0) is 6.42 Å². The maximum Gasteiger partial charge on any atom is 0.261 e. The van der Waals surface area contributed by atoms with E-state index in [-0.39, 0.29) is 6.29 Å². The van der Waals surface area contributed by atoms with Gasteiger partial charge in [0.05, 0.1) is 0 Å². The zero-order valence-electron chi connectivity index (χ0n) is 5.09. The van der Waals surface area contributed by atoms with Crippen molar-refractivity contribution in [2.75, 3.05) is 0 Å². The fraction of sp³-hybridized carbons (Fsp3) is 0.333. The van der Waals surface area contributed by atoms with Gasteiger partial charge in [0, 0.05) is 6.42 Å². The second kappa shape index (κ2) is 3.95. The Labute approximate surface area is 53.0 Å². The summed E-state index contributed by atoms with van der Waals surface area (Å²) in [7, 11) is 0. The molecular weight excluding hydrogens is 120 g/mol. The van der Waals surface area contributed by atoms with Crippen molar-refractivity contribution >= 4 is 17.9 Å². The number of hydrogen-bond acceptors (Lipinski definition) is 3. The Balaban J connectivity index is 3.73. The highest BCUT2D eigenvalue weighted by Crippen LogP contribution is 1.86. The predicted octanol–water partition coefficient (Wildman–Crippen LogP) is -0.0622. The molecule has 0 bridgehead atoms. The van der Waals surface area contributed by atoms with Crippen LogP contribution in [0.3, 0.4) is 0 Å². The number of carbonyl (C=O) groups is 3. The van der Waals surface area contributed by atoms with Crippen molar-refractivity contribution in [1.29, 1.82) is 0 Å². The van der Waals surface area contributed by atoms with Crippen molar-refractivity contribution in [3.8, 4) is 0 Å². The zero-order chi connectivity index (χ0) is 7.28. The van der Waals surface area contributed by atoms with Crippen LogP contribution in [0.4, 0.5) is 0 Å². The normalized spacial score (nSPS) is 8.56. The van der Waals surface area contributed by atoms with E-state index in [1.165, 1.54) is 6.42 Å². The third-order valence-electron chi connectivity index (χ3n) is 0.739. The number of hydrogen-bond donors (Lipinski definition) is 0. The second-order valence-corrected chi connectivity index (χ2v) is 1.46. The van der Waals surface area contributed by atoms with Crippen LogP contribution < -0.4 is 0 Å². The molecule has 0 heterocycles. The van der Waals surface area contributed by atoms with Gasteiger partial charge in [-0.3, -0.25) is 14.4 Å². The summed E-state index contributed by atoms with van der Waals surface area (Å²) in [6.07, 6.45) is 1.68. The van der Waals surface area contributed by atoms with Crippen molar-refractivity contribution in [2.24, 2.45) is 0 Å². The summed E-state index contributed by atoms with van der Waals surface area (Å²) < 4.78 is 0. The molecule has 0 spiro atoms. The molecule has 0 rings (SSSR count). The lowest BCUT2D eigenvalue weighted by Gasteiger charge is -1.85. The van der Waals surface area contributed by atoms with Crippen molar-refractivity contribution in [3.05, 3.63) is 6.42 Å². The van der Waals surface area contributed by atoms with Crippen LogP contribution in [0.1, 0.15) is 13.3 Å². The largest absolute Gasteiger partial charge is 0.294 e. The molecule has 9 heavy (non-hydrogen) atoms. The molecule has 0 aliphatic heterocycles. The molecule has 0 aliphatic rings. The van der Waals surface area contributed by atoms with Crippen molar-refractivity contribution in [2.45, 2.75) is 13.3 Å². The summed E-state index contributed by atoms with van der Waals surface area (Å²) >= 11 is 0. The van der Waals surface area contributed by atoms with Gasteiger partial charge in [0.15, 0.2) is 6.29 Å². The third-order valence-corrected chi connectivity index (χ3v) is 0.739. The van der Waals surface area contributed by atoms with Gasteiger partial charge < -0.3 is 0 Å². The lowest BCUT2D eigenvalue weighted by Crippen LogP contribution is -2.14. The van der Waals surface area contributed by atoms with E-state index < -0.39 is 11.6 Å². The van der Waals surface area contributed by atoms with Crippen molar-refractivity contribution < 1.29 is 14.4 Å². The predicted molar refractivity (Wildman–Crippen MR) is 30.7 cm³/mol. The van der Waals surface area contributed by atoms with Crippen LogP contribution in [0.25, 0.3) is 0 Å². The summed E-state index contributed by atoms with van der Waals surface area (Å²) in [5.74, 6) is -1.69. The molecule has 3 heteroatoms. The molecule has 0 aromatic rings. The SMILES string of the molecule is CC[CH]C(=O)C(=O)C=O. The molecule has 0 amide bonds. The quantitative estimate of drug-likeness (QED) is 0.302. The molecule has 0 aromatic heterocycles. The van der Waals surface area contributed by atoms with Crippen molar-refractivity contribution in [3.63, 3.8) is 0 Å². The van der Waals surface area contributed by atoms with E-state index in [4.69, 9.17) is 0 Å². The Morgan fingerprint density at radius 1 is 1.33 bits per heavy atom. The summed E-state index contributed by atoms with van der Waals surface area (Å²) in [6, 6.07) is 0. The minimum Gasteiger partial charge on any atom is -0.294 e. The van der Waals surface area contributed by atoms with Gasteiger partial charge in [-0.25, -0.2) is 0 Å². The zero-order valence-corrected chi connectivity index (χ0v) is 5.09. The minimum atomic E-state index is -0.975. The number of ketones is 2. The van der Waals surface area contributed by atoms with Gasteiger partial charge in [0.25, 0.3) is 5.78 Å². The summed E-state index contributed by atoms with van der Waals surface area (Å²) in [5.41, 5.74) is 0. The van der Waals surface area contributed by atoms with Gasteiger partial charge in [-0.15, -0.1) is 0 Å².